The first kappa shape index (κ1) is 15.5. The van der Waals surface area contributed by atoms with Crippen molar-refractivity contribution in [3.8, 4) is 5.75 Å². The van der Waals surface area contributed by atoms with Crippen molar-refractivity contribution in [3.05, 3.63) is 23.3 Å². The highest BCUT2D eigenvalue weighted by molar-refractivity contribution is 5.95. The van der Waals surface area contributed by atoms with Crippen molar-refractivity contribution in [1.82, 2.24) is 0 Å². The van der Waals surface area contributed by atoms with Gasteiger partial charge >= 0.3 is 0 Å². The Morgan fingerprint density at radius 3 is 2.32 bits per heavy atom. The van der Waals surface area contributed by atoms with Crippen LogP contribution in [0.1, 0.15) is 31.4 Å². The maximum Gasteiger partial charge on any atom is 0.228 e. The molecule has 0 aliphatic heterocycles. The number of nitrogens with zero attached hydrogens (tertiary/aromatic N) is 1. The van der Waals surface area contributed by atoms with Gasteiger partial charge in [-0.1, -0.05) is 0 Å². The van der Waals surface area contributed by atoms with E-state index in [1.165, 1.54) is 0 Å². The quantitative estimate of drug-likeness (QED) is 0.908. The van der Waals surface area contributed by atoms with Crippen molar-refractivity contribution in [2.45, 2.75) is 39.7 Å². The van der Waals surface area contributed by atoms with Crippen molar-refractivity contribution in [2.75, 3.05) is 19.1 Å². The SMILES string of the molecule is COc1cc(C)c(C)cc1N(C)C(=O)CC(C)(C)N. The topological polar surface area (TPSA) is 55.6 Å². The highest BCUT2D eigenvalue weighted by atomic mass is 16.5. The molecule has 1 amide bonds. The number of amides is 1. The van der Waals surface area contributed by atoms with Crippen molar-refractivity contribution in [1.29, 1.82) is 0 Å². The molecular weight excluding hydrogens is 240 g/mol. The Kier molecular flexibility index (Phi) is 4.58. The second kappa shape index (κ2) is 5.61. The molecule has 19 heavy (non-hydrogen) atoms. The fraction of sp³-hybridized carbons (Fsp3) is 0.533. The number of anilines is 1. The van der Waals surface area contributed by atoms with E-state index >= 15 is 0 Å². The molecule has 0 aromatic heterocycles. The first-order valence-electron chi connectivity index (χ1n) is 6.36. The summed E-state index contributed by atoms with van der Waals surface area (Å²) in [6, 6.07) is 3.91. The Labute approximate surface area is 115 Å². The zero-order chi connectivity index (χ0) is 14.8. The fourth-order valence-electron chi connectivity index (χ4n) is 1.84. The van der Waals surface area contributed by atoms with Crippen LogP contribution in [0.3, 0.4) is 0 Å². The summed E-state index contributed by atoms with van der Waals surface area (Å²) in [5.74, 6) is 0.683. The Morgan fingerprint density at radius 2 is 1.84 bits per heavy atom. The third-order valence-corrected chi connectivity index (χ3v) is 3.14. The molecule has 0 aliphatic rings. The molecule has 0 unspecified atom stereocenters. The van der Waals surface area contributed by atoms with E-state index in [2.05, 4.69) is 0 Å². The summed E-state index contributed by atoms with van der Waals surface area (Å²) in [4.78, 5) is 13.8. The number of carbonyl (C=O) groups excluding carboxylic acids is 1. The van der Waals surface area contributed by atoms with Crippen LogP contribution in [0.15, 0.2) is 12.1 Å². The van der Waals surface area contributed by atoms with Gasteiger partial charge in [0.1, 0.15) is 5.75 Å². The summed E-state index contributed by atoms with van der Waals surface area (Å²) >= 11 is 0. The zero-order valence-electron chi connectivity index (χ0n) is 12.7. The summed E-state index contributed by atoms with van der Waals surface area (Å²) in [6.45, 7) is 7.72. The molecule has 0 atom stereocenters. The van der Waals surface area contributed by atoms with E-state index in [1.807, 2.05) is 39.8 Å². The van der Waals surface area contributed by atoms with Crippen LogP contribution >= 0.6 is 0 Å². The van der Waals surface area contributed by atoms with Crippen molar-refractivity contribution in [3.63, 3.8) is 0 Å². The minimum atomic E-state index is -0.516. The highest BCUT2D eigenvalue weighted by Gasteiger charge is 2.22. The van der Waals surface area contributed by atoms with Gasteiger partial charge in [0.15, 0.2) is 0 Å². The number of nitrogens with two attached hydrogens (primary N) is 1. The van der Waals surface area contributed by atoms with Crippen LogP contribution in [0, 0.1) is 13.8 Å². The van der Waals surface area contributed by atoms with E-state index in [9.17, 15) is 4.79 Å². The van der Waals surface area contributed by atoms with Crippen LogP contribution in [-0.2, 0) is 4.79 Å². The minimum Gasteiger partial charge on any atom is -0.495 e. The van der Waals surface area contributed by atoms with Gasteiger partial charge in [0.2, 0.25) is 5.91 Å². The summed E-state index contributed by atoms with van der Waals surface area (Å²) < 4.78 is 5.36. The summed E-state index contributed by atoms with van der Waals surface area (Å²) in [5, 5.41) is 0. The molecule has 4 nitrogen and oxygen atoms in total. The number of aryl methyl sites for hydroxylation is 2. The van der Waals surface area contributed by atoms with E-state index in [0.717, 1.165) is 16.8 Å². The summed E-state index contributed by atoms with van der Waals surface area (Å²) in [5.41, 5.74) is 8.43. The first-order valence-corrected chi connectivity index (χ1v) is 6.36. The number of hydrogen-bond acceptors (Lipinski definition) is 3. The van der Waals surface area contributed by atoms with Gasteiger partial charge in [-0.15, -0.1) is 0 Å². The van der Waals surface area contributed by atoms with Gasteiger partial charge in [-0.3, -0.25) is 4.79 Å². The fourth-order valence-corrected chi connectivity index (χ4v) is 1.84. The van der Waals surface area contributed by atoms with Crippen LogP contribution in [0.2, 0.25) is 0 Å². The monoisotopic (exact) mass is 264 g/mol. The van der Waals surface area contributed by atoms with Crippen LogP contribution in [-0.4, -0.2) is 25.6 Å². The first-order chi connectivity index (χ1) is 8.65. The lowest BCUT2D eigenvalue weighted by Gasteiger charge is -2.25. The summed E-state index contributed by atoms with van der Waals surface area (Å²) in [6.07, 6.45) is 0.291. The number of rotatable bonds is 4. The van der Waals surface area contributed by atoms with Gasteiger partial charge in [-0.05, 0) is 51.0 Å². The normalized spacial score (nSPS) is 11.3. The van der Waals surface area contributed by atoms with Crippen LogP contribution in [0.4, 0.5) is 5.69 Å². The molecule has 2 N–H and O–H groups in total. The predicted octanol–water partition coefficient (Wildman–Crippen LogP) is 2.40. The van der Waals surface area contributed by atoms with E-state index in [1.54, 1.807) is 19.1 Å². The van der Waals surface area contributed by atoms with Crippen molar-refractivity contribution >= 4 is 11.6 Å². The largest absolute Gasteiger partial charge is 0.495 e. The maximum atomic E-state index is 12.2. The second-order valence-corrected chi connectivity index (χ2v) is 5.73. The second-order valence-electron chi connectivity index (χ2n) is 5.73. The zero-order valence-corrected chi connectivity index (χ0v) is 12.7. The van der Waals surface area contributed by atoms with Crippen molar-refractivity contribution < 1.29 is 9.53 Å². The van der Waals surface area contributed by atoms with Crippen LogP contribution < -0.4 is 15.4 Å². The smallest absolute Gasteiger partial charge is 0.228 e. The molecule has 1 aromatic rings. The lowest BCUT2D eigenvalue weighted by atomic mass is 10.0. The lowest BCUT2D eigenvalue weighted by molar-refractivity contribution is -0.119. The van der Waals surface area contributed by atoms with Crippen LogP contribution in [0.25, 0.3) is 0 Å². The molecule has 0 aliphatic carbocycles. The summed E-state index contributed by atoms with van der Waals surface area (Å²) in [7, 11) is 3.36. The molecule has 1 aromatic carbocycles. The molecular formula is C15H24N2O2. The molecule has 1 rings (SSSR count). The molecule has 0 spiro atoms. The number of carbonyl (C=O) groups is 1. The van der Waals surface area contributed by atoms with Gasteiger partial charge in [-0.2, -0.15) is 0 Å². The van der Waals surface area contributed by atoms with Crippen molar-refractivity contribution in [2.24, 2.45) is 5.73 Å². The van der Waals surface area contributed by atoms with Gasteiger partial charge in [0.25, 0.3) is 0 Å². The predicted molar refractivity (Wildman–Crippen MR) is 78.8 cm³/mol. The Morgan fingerprint density at radius 1 is 1.32 bits per heavy atom. The number of ether oxygens (including phenoxy) is 1. The molecule has 0 heterocycles. The number of methoxy groups -OCH3 is 1. The molecule has 0 radical (unpaired) electrons. The number of hydrogen-bond donors (Lipinski definition) is 1. The highest BCUT2D eigenvalue weighted by Crippen LogP contribution is 2.31. The van der Waals surface area contributed by atoms with Gasteiger partial charge in [0.05, 0.1) is 12.8 Å². The van der Waals surface area contributed by atoms with Gasteiger partial charge < -0.3 is 15.4 Å². The maximum absolute atomic E-state index is 12.2. The van der Waals surface area contributed by atoms with E-state index in [-0.39, 0.29) is 5.91 Å². The Balaban J connectivity index is 3.08. The lowest BCUT2D eigenvalue weighted by Crippen LogP contribution is -2.40. The molecule has 0 saturated carbocycles. The minimum absolute atomic E-state index is 0.0194. The third kappa shape index (κ3) is 3.96. The molecule has 106 valence electrons. The Bertz CT molecular complexity index is 476. The van der Waals surface area contributed by atoms with E-state index < -0.39 is 5.54 Å². The molecule has 0 fully saturated rings. The molecule has 4 heteroatoms. The van der Waals surface area contributed by atoms with E-state index in [0.29, 0.717) is 12.2 Å². The van der Waals surface area contributed by atoms with E-state index in [4.69, 9.17) is 10.5 Å². The third-order valence-electron chi connectivity index (χ3n) is 3.14. The standard InChI is InChI=1S/C15H24N2O2/c1-10-7-12(13(19-6)8-11(10)2)17(5)14(18)9-15(3,4)16/h7-8H,9,16H2,1-6H3. The van der Waals surface area contributed by atoms with Gasteiger partial charge in [0, 0.05) is 19.0 Å². The molecule has 0 bridgehead atoms. The average molecular weight is 264 g/mol. The number of benzene rings is 1. The molecule has 0 saturated heterocycles. The van der Waals surface area contributed by atoms with Crippen LogP contribution in [0.5, 0.6) is 5.75 Å². The van der Waals surface area contributed by atoms with Gasteiger partial charge in [-0.25, -0.2) is 0 Å². The Hall–Kier alpha value is -1.55. The average Bonchev–Trinajstić information content (AvgIpc) is 2.28.